The van der Waals surface area contributed by atoms with Crippen LogP contribution in [0, 0.1) is 0 Å². The molecule has 0 spiro atoms. The highest BCUT2D eigenvalue weighted by atomic mass is 16.5. The molecule has 5 rings (SSSR count). The lowest BCUT2D eigenvalue weighted by molar-refractivity contribution is -0.118. The summed E-state index contributed by atoms with van der Waals surface area (Å²) in [7, 11) is 1.61. The largest absolute Gasteiger partial charge is 0.496 e. The topological polar surface area (TPSA) is 83.0 Å². The van der Waals surface area contributed by atoms with Gasteiger partial charge < -0.3 is 18.9 Å². The van der Waals surface area contributed by atoms with Crippen molar-refractivity contribution < 1.29 is 23.7 Å². The smallest absolute Gasteiger partial charge is 0.233 e. The standard InChI is InChI=1S/C32H35N3O5/c1-37-30-22-28(39-16-6-13-35-14-17-38-18-15-35)21-29-31(30)32(34-23-33-29)40-27-10-5-9-25(20-27)19-26(36)12-11-24-7-3-2-4-8-24/h2-5,7-10,20-23H,6,11-19H2,1H3. The molecule has 8 heteroatoms. The van der Waals surface area contributed by atoms with E-state index in [0.29, 0.717) is 53.5 Å². The van der Waals surface area contributed by atoms with Crippen molar-refractivity contribution in [1.82, 2.24) is 14.9 Å². The van der Waals surface area contributed by atoms with Gasteiger partial charge in [-0.2, -0.15) is 0 Å². The van der Waals surface area contributed by atoms with Crippen LogP contribution in [0.15, 0.2) is 73.1 Å². The Balaban J connectivity index is 1.23. The summed E-state index contributed by atoms with van der Waals surface area (Å²) in [5, 5.41) is 0.662. The van der Waals surface area contributed by atoms with Crippen LogP contribution in [0.1, 0.15) is 24.0 Å². The lowest BCUT2D eigenvalue weighted by Gasteiger charge is -2.26. The van der Waals surface area contributed by atoms with Crippen LogP contribution in [0.3, 0.4) is 0 Å². The number of nitrogens with zero attached hydrogens (tertiary/aromatic N) is 3. The van der Waals surface area contributed by atoms with Crippen LogP contribution in [0.25, 0.3) is 10.9 Å². The van der Waals surface area contributed by atoms with Crippen molar-refractivity contribution in [2.24, 2.45) is 0 Å². The van der Waals surface area contributed by atoms with E-state index in [1.165, 1.54) is 11.9 Å². The van der Waals surface area contributed by atoms with Crippen LogP contribution in [-0.2, 0) is 22.4 Å². The fourth-order valence-corrected chi connectivity index (χ4v) is 4.80. The zero-order chi connectivity index (χ0) is 27.6. The summed E-state index contributed by atoms with van der Waals surface area (Å²) in [5.41, 5.74) is 2.73. The summed E-state index contributed by atoms with van der Waals surface area (Å²) >= 11 is 0. The number of benzene rings is 3. The van der Waals surface area contributed by atoms with E-state index in [9.17, 15) is 4.79 Å². The first-order valence-electron chi connectivity index (χ1n) is 13.8. The van der Waals surface area contributed by atoms with Crippen molar-refractivity contribution in [3.05, 3.63) is 84.2 Å². The monoisotopic (exact) mass is 541 g/mol. The third kappa shape index (κ3) is 7.55. The minimum atomic E-state index is 0.188. The van der Waals surface area contributed by atoms with Crippen LogP contribution < -0.4 is 14.2 Å². The van der Waals surface area contributed by atoms with Gasteiger partial charge >= 0.3 is 0 Å². The molecule has 40 heavy (non-hydrogen) atoms. The molecule has 0 bridgehead atoms. The second-order valence-corrected chi connectivity index (χ2v) is 9.81. The van der Waals surface area contributed by atoms with Crippen molar-refractivity contribution in [3.8, 4) is 23.1 Å². The predicted molar refractivity (Wildman–Crippen MR) is 153 cm³/mol. The van der Waals surface area contributed by atoms with Gasteiger partial charge in [0.25, 0.3) is 0 Å². The molecule has 0 aliphatic carbocycles. The molecule has 0 amide bonds. The number of carbonyl (C=O) groups excluding carboxylic acids is 1. The maximum Gasteiger partial charge on any atom is 0.233 e. The van der Waals surface area contributed by atoms with Crippen molar-refractivity contribution in [1.29, 1.82) is 0 Å². The molecular formula is C32H35N3O5. The number of carbonyl (C=O) groups is 1. The van der Waals surface area contributed by atoms with Crippen molar-refractivity contribution in [3.63, 3.8) is 0 Å². The lowest BCUT2D eigenvalue weighted by Crippen LogP contribution is -2.37. The van der Waals surface area contributed by atoms with E-state index in [1.807, 2.05) is 66.7 Å². The summed E-state index contributed by atoms with van der Waals surface area (Å²) in [4.78, 5) is 23.8. The first-order chi connectivity index (χ1) is 19.7. The van der Waals surface area contributed by atoms with Crippen LogP contribution in [-0.4, -0.2) is 67.2 Å². The zero-order valence-electron chi connectivity index (χ0n) is 22.9. The summed E-state index contributed by atoms with van der Waals surface area (Å²) in [6.45, 7) is 5.10. The normalized spacial score (nSPS) is 13.7. The van der Waals surface area contributed by atoms with Gasteiger partial charge in [-0.3, -0.25) is 9.69 Å². The van der Waals surface area contributed by atoms with Gasteiger partial charge in [-0.15, -0.1) is 0 Å². The van der Waals surface area contributed by atoms with Gasteiger partial charge in [0.2, 0.25) is 5.88 Å². The Bertz CT molecular complexity index is 1410. The minimum Gasteiger partial charge on any atom is -0.496 e. The second-order valence-electron chi connectivity index (χ2n) is 9.81. The Morgan fingerprint density at radius 1 is 0.950 bits per heavy atom. The van der Waals surface area contributed by atoms with E-state index < -0.39 is 0 Å². The van der Waals surface area contributed by atoms with Gasteiger partial charge in [0.15, 0.2) is 0 Å². The Kier molecular flexibility index (Phi) is 9.55. The maximum absolute atomic E-state index is 12.6. The van der Waals surface area contributed by atoms with E-state index in [4.69, 9.17) is 18.9 Å². The third-order valence-corrected chi connectivity index (χ3v) is 6.90. The number of rotatable bonds is 13. The van der Waals surface area contributed by atoms with E-state index in [-0.39, 0.29) is 5.78 Å². The average molecular weight is 542 g/mol. The third-order valence-electron chi connectivity index (χ3n) is 6.90. The number of ether oxygens (including phenoxy) is 4. The highest BCUT2D eigenvalue weighted by Gasteiger charge is 2.16. The minimum absolute atomic E-state index is 0.188. The quantitative estimate of drug-likeness (QED) is 0.212. The Morgan fingerprint density at radius 3 is 2.60 bits per heavy atom. The molecule has 1 aliphatic rings. The number of Topliss-reactive ketones (excluding diaryl/α,β-unsaturated/α-hetero) is 1. The van der Waals surface area contributed by atoms with E-state index >= 15 is 0 Å². The molecule has 8 nitrogen and oxygen atoms in total. The molecule has 208 valence electrons. The Hall–Kier alpha value is -4.01. The van der Waals surface area contributed by atoms with Gasteiger partial charge in [0, 0.05) is 44.6 Å². The first kappa shape index (κ1) is 27.6. The first-order valence-corrected chi connectivity index (χ1v) is 13.8. The Morgan fingerprint density at radius 2 is 1.77 bits per heavy atom. The fraction of sp³-hybridized carbons (Fsp3) is 0.344. The number of methoxy groups -OCH3 is 1. The highest BCUT2D eigenvalue weighted by molar-refractivity contribution is 5.91. The summed E-state index contributed by atoms with van der Waals surface area (Å²) in [6, 6.07) is 21.3. The molecule has 0 atom stereocenters. The number of aryl methyl sites for hydroxylation is 1. The molecule has 0 N–H and O–H groups in total. The van der Waals surface area contributed by atoms with Gasteiger partial charge in [0.05, 0.1) is 32.4 Å². The summed E-state index contributed by atoms with van der Waals surface area (Å²) in [5.74, 6) is 2.43. The number of aromatic nitrogens is 2. The molecule has 1 aromatic heterocycles. The van der Waals surface area contributed by atoms with Crippen molar-refractivity contribution in [2.75, 3.05) is 46.6 Å². The molecule has 2 heterocycles. The molecule has 1 aliphatic heterocycles. The van der Waals surface area contributed by atoms with Crippen molar-refractivity contribution >= 4 is 16.7 Å². The average Bonchev–Trinajstić information content (AvgIpc) is 2.99. The molecule has 1 fully saturated rings. The molecule has 0 radical (unpaired) electrons. The Labute approximate surface area is 234 Å². The molecule has 4 aromatic rings. The fourth-order valence-electron chi connectivity index (χ4n) is 4.80. The second kappa shape index (κ2) is 13.9. The predicted octanol–water partition coefficient (Wildman–Crippen LogP) is 5.28. The SMILES string of the molecule is COc1cc(OCCCN2CCOCC2)cc2ncnc(Oc3cccc(CC(=O)CCc4ccccc4)c3)c12. The van der Waals surface area contributed by atoms with Crippen LogP contribution in [0.2, 0.25) is 0 Å². The molecular weight excluding hydrogens is 506 g/mol. The van der Waals surface area contributed by atoms with Crippen LogP contribution >= 0.6 is 0 Å². The molecule has 0 saturated carbocycles. The van der Waals surface area contributed by atoms with Gasteiger partial charge in [-0.1, -0.05) is 42.5 Å². The summed E-state index contributed by atoms with van der Waals surface area (Å²) in [6.07, 6.45) is 3.98. The number of ketones is 1. The zero-order valence-corrected chi connectivity index (χ0v) is 22.9. The van der Waals surface area contributed by atoms with Gasteiger partial charge in [-0.25, -0.2) is 9.97 Å². The number of hydrogen-bond donors (Lipinski definition) is 0. The maximum atomic E-state index is 12.6. The number of hydrogen-bond acceptors (Lipinski definition) is 8. The lowest BCUT2D eigenvalue weighted by atomic mass is 10.0. The van der Waals surface area contributed by atoms with Gasteiger partial charge in [0.1, 0.15) is 34.7 Å². The van der Waals surface area contributed by atoms with Crippen LogP contribution in [0.4, 0.5) is 0 Å². The van der Waals surface area contributed by atoms with Gasteiger partial charge in [-0.05, 0) is 36.1 Å². The van der Waals surface area contributed by atoms with Crippen molar-refractivity contribution in [2.45, 2.75) is 25.7 Å². The molecule has 3 aromatic carbocycles. The molecule has 0 unspecified atom stereocenters. The van der Waals surface area contributed by atoms with E-state index in [0.717, 1.165) is 51.3 Å². The number of morpholine rings is 1. The number of fused-ring (bicyclic) bond motifs is 1. The molecule has 1 saturated heterocycles. The van der Waals surface area contributed by atoms with E-state index in [2.05, 4.69) is 14.9 Å². The highest BCUT2D eigenvalue weighted by Crippen LogP contribution is 2.37. The van der Waals surface area contributed by atoms with E-state index in [1.54, 1.807) is 7.11 Å². The van der Waals surface area contributed by atoms with Crippen LogP contribution in [0.5, 0.6) is 23.1 Å². The summed E-state index contributed by atoms with van der Waals surface area (Å²) < 4.78 is 23.3.